The molecule has 0 aliphatic heterocycles. The van der Waals surface area contributed by atoms with E-state index in [4.69, 9.17) is 0 Å². The molecular weight excluding hydrogens is 238 g/mol. The highest BCUT2D eigenvalue weighted by atomic mass is 32.2. The van der Waals surface area contributed by atoms with Crippen molar-refractivity contribution in [3.05, 3.63) is 41.5 Å². The Morgan fingerprint density at radius 2 is 2.00 bits per heavy atom. The standard InChI is InChI=1S/C12H15NO3S/c1-3-10-6-4-5-7-11(10)8-9-12(14)13-17(2,15)16/h4-9H,3H2,1-2H3,(H,13,14)/b9-8+. The van der Waals surface area contributed by atoms with Crippen LogP contribution in [0, 0.1) is 0 Å². The molecule has 1 aromatic carbocycles. The zero-order valence-corrected chi connectivity index (χ0v) is 10.6. The molecule has 0 saturated carbocycles. The molecule has 0 spiro atoms. The van der Waals surface area contributed by atoms with Crippen molar-refractivity contribution in [1.29, 1.82) is 0 Å². The number of hydrogen-bond donors (Lipinski definition) is 1. The van der Waals surface area contributed by atoms with Crippen molar-refractivity contribution in [3.63, 3.8) is 0 Å². The van der Waals surface area contributed by atoms with E-state index in [0.717, 1.165) is 23.8 Å². The van der Waals surface area contributed by atoms with Crippen LogP contribution in [0.25, 0.3) is 6.08 Å². The Hall–Kier alpha value is -1.62. The fourth-order valence-electron chi connectivity index (χ4n) is 1.40. The summed E-state index contributed by atoms with van der Waals surface area (Å²) in [7, 11) is -3.49. The van der Waals surface area contributed by atoms with Crippen LogP contribution in [0.2, 0.25) is 0 Å². The predicted octanol–water partition coefficient (Wildman–Crippen LogP) is 1.34. The van der Waals surface area contributed by atoms with E-state index in [1.54, 1.807) is 6.08 Å². The van der Waals surface area contributed by atoms with Gasteiger partial charge in [0.25, 0.3) is 5.91 Å². The molecule has 0 aromatic heterocycles. The van der Waals surface area contributed by atoms with Gasteiger partial charge in [-0.25, -0.2) is 13.1 Å². The average Bonchev–Trinajstić information content (AvgIpc) is 2.24. The van der Waals surface area contributed by atoms with E-state index in [1.165, 1.54) is 6.08 Å². The predicted molar refractivity (Wildman–Crippen MR) is 67.8 cm³/mol. The van der Waals surface area contributed by atoms with Gasteiger partial charge in [0.2, 0.25) is 10.0 Å². The van der Waals surface area contributed by atoms with Gasteiger partial charge < -0.3 is 0 Å². The quantitative estimate of drug-likeness (QED) is 0.824. The maximum Gasteiger partial charge on any atom is 0.257 e. The van der Waals surface area contributed by atoms with Gasteiger partial charge in [0, 0.05) is 6.08 Å². The van der Waals surface area contributed by atoms with Crippen molar-refractivity contribution in [1.82, 2.24) is 4.72 Å². The Morgan fingerprint density at radius 3 is 2.59 bits per heavy atom. The fourth-order valence-corrected chi connectivity index (χ4v) is 1.83. The van der Waals surface area contributed by atoms with Crippen LogP contribution in [0.5, 0.6) is 0 Å². The van der Waals surface area contributed by atoms with Crippen molar-refractivity contribution in [2.45, 2.75) is 13.3 Å². The first-order valence-electron chi connectivity index (χ1n) is 5.20. The largest absolute Gasteiger partial charge is 0.269 e. The van der Waals surface area contributed by atoms with Crippen molar-refractivity contribution in [2.24, 2.45) is 0 Å². The van der Waals surface area contributed by atoms with E-state index >= 15 is 0 Å². The summed E-state index contributed by atoms with van der Waals surface area (Å²) >= 11 is 0. The van der Waals surface area contributed by atoms with Gasteiger partial charge in [0.05, 0.1) is 6.26 Å². The third-order valence-electron chi connectivity index (χ3n) is 2.14. The molecule has 1 aromatic rings. The second-order valence-electron chi connectivity index (χ2n) is 3.62. The Balaban J connectivity index is 2.80. The molecule has 0 radical (unpaired) electrons. The van der Waals surface area contributed by atoms with E-state index in [9.17, 15) is 13.2 Å². The minimum absolute atomic E-state index is 0.640. The van der Waals surface area contributed by atoms with Crippen LogP contribution in [-0.2, 0) is 21.2 Å². The zero-order chi connectivity index (χ0) is 12.9. The third kappa shape index (κ3) is 4.82. The van der Waals surface area contributed by atoms with Crippen molar-refractivity contribution < 1.29 is 13.2 Å². The zero-order valence-electron chi connectivity index (χ0n) is 9.80. The van der Waals surface area contributed by atoms with Gasteiger partial charge in [0.1, 0.15) is 0 Å². The maximum atomic E-state index is 11.3. The Bertz CT molecular complexity index is 532. The summed E-state index contributed by atoms with van der Waals surface area (Å²) in [6.07, 6.45) is 4.63. The topological polar surface area (TPSA) is 63.2 Å². The molecule has 0 fully saturated rings. The lowest BCUT2D eigenvalue weighted by molar-refractivity contribution is -0.114. The minimum atomic E-state index is -3.49. The molecule has 5 heteroatoms. The van der Waals surface area contributed by atoms with E-state index in [2.05, 4.69) is 0 Å². The minimum Gasteiger partial charge on any atom is -0.269 e. The van der Waals surface area contributed by atoms with Gasteiger partial charge in [-0.3, -0.25) is 4.79 Å². The lowest BCUT2D eigenvalue weighted by Gasteiger charge is -2.02. The molecule has 4 nitrogen and oxygen atoms in total. The molecule has 0 unspecified atom stereocenters. The van der Waals surface area contributed by atoms with Gasteiger partial charge in [-0.05, 0) is 23.6 Å². The Kier molecular flexibility index (Phi) is 4.45. The number of benzene rings is 1. The molecule has 0 atom stereocenters. The summed E-state index contributed by atoms with van der Waals surface area (Å²) in [4.78, 5) is 11.3. The first kappa shape index (κ1) is 13.4. The smallest absolute Gasteiger partial charge is 0.257 e. The van der Waals surface area contributed by atoms with Crippen molar-refractivity contribution >= 4 is 22.0 Å². The van der Waals surface area contributed by atoms with Crippen LogP contribution >= 0.6 is 0 Å². The van der Waals surface area contributed by atoms with Crippen molar-refractivity contribution in [3.8, 4) is 0 Å². The fraction of sp³-hybridized carbons (Fsp3) is 0.250. The molecular formula is C12H15NO3S. The molecule has 0 aliphatic rings. The summed E-state index contributed by atoms with van der Waals surface area (Å²) in [5.41, 5.74) is 2.02. The Labute approximate surface area is 101 Å². The van der Waals surface area contributed by atoms with Crippen LogP contribution in [0.4, 0.5) is 0 Å². The van der Waals surface area contributed by atoms with Crippen LogP contribution in [0.1, 0.15) is 18.1 Å². The number of rotatable bonds is 4. The maximum absolute atomic E-state index is 11.3. The van der Waals surface area contributed by atoms with Gasteiger partial charge in [0.15, 0.2) is 0 Å². The number of hydrogen-bond acceptors (Lipinski definition) is 3. The van der Waals surface area contributed by atoms with Crippen LogP contribution in [-0.4, -0.2) is 20.6 Å². The summed E-state index contributed by atoms with van der Waals surface area (Å²) in [5, 5.41) is 0. The number of nitrogens with one attached hydrogen (secondary N) is 1. The lowest BCUT2D eigenvalue weighted by atomic mass is 10.1. The summed E-state index contributed by atoms with van der Waals surface area (Å²) in [5.74, 6) is -0.640. The molecule has 0 saturated heterocycles. The molecule has 0 heterocycles. The average molecular weight is 253 g/mol. The van der Waals surface area contributed by atoms with Gasteiger partial charge in [-0.2, -0.15) is 0 Å². The van der Waals surface area contributed by atoms with Crippen LogP contribution in [0.15, 0.2) is 30.3 Å². The van der Waals surface area contributed by atoms with E-state index in [-0.39, 0.29) is 0 Å². The second kappa shape index (κ2) is 5.63. The monoisotopic (exact) mass is 253 g/mol. The summed E-state index contributed by atoms with van der Waals surface area (Å²) in [6, 6.07) is 7.64. The molecule has 0 aliphatic carbocycles. The number of amides is 1. The highest BCUT2D eigenvalue weighted by Crippen LogP contribution is 2.10. The summed E-state index contributed by atoms with van der Waals surface area (Å²) in [6.45, 7) is 2.02. The molecule has 1 N–H and O–H groups in total. The highest BCUT2D eigenvalue weighted by molar-refractivity contribution is 7.89. The normalized spacial score (nSPS) is 11.6. The SMILES string of the molecule is CCc1ccccc1/C=C/C(=O)NS(C)(=O)=O. The van der Waals surface area contributed by atoms with E-state index in [1.807, 2.05) is 35.9 Å². The molecule has 17 heavy (non-hydrogen) atoms. The first-order valence-corrected chi connectivity index (χ1v) is 7.09. The number of aryl methyl sites for hydroxylation is 1. The van der Waals surface area contributed by atoms with Crippen LogP contribution < -0.4 is 4.72 Å². The Morgan fingerprint density at radius 1 is 1.35 bits per heavy atom. The third-order valence-corrected chi connectivity index (χ3v) is 2.71. The molecule has 1 amide bonds. The van der Waals surface area contributed by atoms with Crippen molar-refractivity contribution in [2.75, 3.05) is 6.26 Å². The number of carbonyl (C=O) groups is 1. The second-order valence-corrected chi connectivity index (χ2v) is 5.37. The van der Waals surface area contributed by atoms with Gasteiger partial charge in [-0.1, -0.05) is 31.2 Å². The van der Waals surface area contributed by atoms with Crippen LogP contribution in [0.3, 0.4) is 0 Å². The first-order chi connectivity index (χ1) is 7.92. The molecule has 92 valence electrons. The molecule has 0 bridgehead atoms. The molecule has 1 rings (SSSR count). The summed E-state index contributed by atoms with van der Waals surface area (Å²) < 4.78 is 23.5. The van der Waals surface area contributed by atoms with E-state index in [0.29, 0.717) is 0 Å². The van der Waals surface area contributed by atoms with Gasteiger partial charge in [-0.15, -0.1) is 0 Å². The number of carbonyl (C=O) groups excluding carboxylic acids is 1. The number of sulfonamides is 1. The highest BCUT2D eigenvalue weighted by Gasteiger charge is 2.04. The lowest BCUT2D eigenvalue weighted by Crippen LogP contribution is -2.27. The van der Waals surface area contributed by atoms with E-state index < -0.39 is 15.9 Å². The van der Waals surface area contributed by atoms with Gasteiger partial charge >= 0.3 is 0 Å².